The summed E-state index contributed by atoms with van der Waals surface area (Å²) in [7, 11) is 3.59. The van der Waals surface area contributed by atoms with E-state index in [0.717, 1.165) is 24.3 Å². The van der Waals surface area contributed by atoms with Crippen molar-refractivity contribution in [2.45, 2.75) is 6.54 Å². The highest BCUT2D eigenvalue weighted by molar-refractivity contribution is 5.73. The Balaban J connectivity index is 2.28. The Morgan fingerprint density at radius 1 is 1.44 bits per heavy atom. The lowest BCUT2D eigenvalue weighted by molar-refractivity contribution is 0.528. The fourth-order valence-corrected chi connectivity index (χ4v) is 1.61. The molecule has 0 aliphatic heterocycles. The average molecular weight is 221 g/mol. The van der Waals surface area contributed by atoms with E-state index >= 15 is 0 Å². The van der Waals surface area contributed by atoms with Crippen molar-refractivity contribution in [1.82, 2.24) is 15.2 Å². The standard InChI is InChI=1S/C11H15N3O2/c1-12-7-13-6-8-3-4-10-9(5-8)14(2)11(15)16-10/h3-5,12-13H,6-7H2,1-2H3. The molecule has 0 atom stereocenters. The molecule has 2 aromatic rings. The van der Waals surface area contributed by atoms with E-state index in [-0.39, 0.29) is 5.76 Å². The predicted molar refractivity (Wildman–Crippen MR) is 62.2 cm³/mol. The number of hydrogen-bond acceptors (Lipinski definition) is 4. The molecule has 2 N–H and O–H groups in total. The fraction of sp³-hybridized carbons (Fsp3) is 0.364. The molecule has 1 aromatic heterocycles. The van der Waals surface area contributed by atoms with Crippen LogP contribution in [0.4, 0.5) is 0 Å². The quantitative estimate of drug-likeness (QED) is 0.579. The zero-order chi connectivity index (χ0) is 11.5. The Kier molecular flexibility index (Phi) is 3.07. The Hall–Kier alpha value is -1.59. The van der Waals surface area contributed by atoms with Crippen LogP contribution in [0, 0.1) is 0 Å². The van der Waals surface area contributed by atoms with E-state index in [2.05, 4.69) is 10.6 Å². The number of benzene rings is 1. The first-order valence-corrected chi connectivity index (χ1v) is 5.16. The first-order chi connectivity index (χ1) is 7.72. The molecule has 0 bridgehead atoms. The van der Waals surface area contributed by atoms with Gasteiger partial charge in [-0.2, -0.15) is 0 Å². The van der Waals surface area contributed by atoms with Crippen LogP contribution >= 0.6 is 0 Å². The molecule has 0 aliphatic rings. The van der Waals surface area contributed by atoms with Crippen molar-refractivity contribution in [3.8, 4) is 0 Å². The number of rotatable bonds is 4. The zero-order valence-corrected chi connectivity index (χ0v) is 9.41. The van der Waals surface area contributed by atoms with Crippen LogP contribution in [0.2, 0.25) is 0 Å². The summed E-state index contributed by atoms with van der Waals surface area (Å²) in [5, 5.41) is 6.22. The molecule has 0 saturated carbocycles. The lowest BCUT2D eigenvalue weighted by atomic mass is 10.2. The van der Waals surface area contributed by atoms with Crippen LogP contribution in [0.15, 0.2) is 27.4 Å². The van der Waals surface area contributed by atoms with Gasteiger partial charge in [0, 0.05) is 20.3 Å². The van der Waals surface area contributed by atoms with E-state index in [4.69, 9.17) is 4.42 Å². The monoisotopic (exact) mass is 221 g/mol. The molecule has 2 rings (SSSR count). The second kappa shape index (κ2) is 4.51. The van der Waals surface area contributed by atoms with Crippen LogP contribution < -0.4 is 16.4 Å². The number of oxazole rings is 1. The third-order valence-electron chi connectivity index (χ3n) is 2.49. The third kappa shape index (κ3) is 2.00. The molecule has 16 heavy (non-hydrogen) atoms. The van der Waals surface area contributed by atoms with Gasteiger partial charge >= 0.3 is 5.76 Å². The maximum Gasteiger partial charge on any atom is 0.419 e. The van der Waals surface area contributed by atoms with E-state index in [0.29, 0.717) is 5.58 Å². The molecule has 5 heteroatoms. The van der Waals surface area contributed by atoms with E-state index in [1.54, 1.807) is 7.05 Å². The highest BCUT2D eigenvalue weighted by Crippen LogP contribution is 2.13. The predicted octanol–water partition coefficient (Wildman–Crippen LogP) is 0.398. The van der Waals surface area contributed by atoms with Crippen molar-refractivity contribution in [3.05, 3.63) is 34.3 Å². The second-order valence-electron chi connectivity index (χ2n) is 3.69. The Morgan fingerprint density at radius 3 is 3.00 bits per heavy atom. The number of aryl methyl sites for hydroxylation is 1. The Bertz CT molecular complexity index is 542. The molecule has 0 fully saturated rings. The van der Waals surface area contributed by atoms with Crippen molar-refractivity contribution in [2.75, 3.05) is 13.7 Å². The lowest BCUT2D eigenvalue weighted by Gasteiger charge is -2.03. The summed E-state index contributed by atoms with van der Waals surface area (Å²) in [5.41, 5.74) is 2.58. The lowest BCUT2D eigenvalue weighted by Crippen LogP contribution is -2.25. The van der Waals surface area contributed by atoms with Gasteiger partial charge in [-0.05, 0) is 24.7 Å². The molecule has 0 unspecified atom stereocenters. The fourth-order valence-electron chi connectivity index (χ4n) is 1.61. The molecule has 1 heterocycles. The summed E-state index contributed by atoms with van der Waals surface area (Å²) in [5.74, 6) is -0.324. The molecule has 1 aromatic carbocycles. The first kappa shape index (κ1) is 10.9. The number of aromatic nitrogens is 1. The summed E-state index contributed by atoms with van der Waals surface area (Å²) < 4.78 is 6.56. The second-order valence-corrected chi connectivity index (χ2v) is 3.69. The van der Waals surface area contributed by atoms with Gasteiger partial charge in [0.2, 0.25) is 0 Å². The van der Waals surface area contributed by atoms with Gasteiger partial charge < -0.3 is 15.1 Å². The maximum atomic E-state index is 11.3. The van der Waals surface area contributed by atoms with Crippen LogP contribution in [0.1, 0.15) is 5.56 Å². The highest BCUT2D eigenvalue weighted by atomic mass is 16.4. The Labute approximate surface area is 93.1 Å². The number of nitrogens with zero attached hydrogens (tertiary/aromatic N) is 1. The van der Waals surface area contributed by atoms with Crippen LogP contribution in [0.25, 0.3) is 11.1 Å². The number of fused-ring (bicyclic) bond motifs is 1. The summed E-state index contributed by atoms with van der Waals surface area (Å²) in [6, 6.07) is 5.74. The molecule has 5 nitrogen and oxygen atoms in total. The summed E-state index contributed by atoms with van der Waals surface area (Å²) in [6.45, 7) is 1.51. The van der Waals surface area contributed by atoms with Crippen LogP contribution in [-0.2, 0) is 13.6 Å². The van der Waals surface area contributed by atoms with Gasteiger partial charge in [0.15, 0.2) is 5.58 Å². The molecule has 0 saturated heterocycles. The third-order valence-corrected chi connectivity index (χ3v) is 2.49. The summed E-state index contributed by atoms with van der Waals surface area (Å²) in [6.07, 6.45) is 0. The van der Waals surface area contributed by atoms with E-state index < -0.39 is 0 Å². The number of hydrogen-bond donors (Lipinski definition) is 2. The molecule has 0 radical (unpaired) electrons. The minimum atomic E-state index is -0.324. The molecule has 0 aliphatic carbocycles. The van der Waals surface area contributed by atoms with Crippen molar-refractivity contribution in [3.63, 3.8) is 0 Å². The van der Waals surface area contributed by atoms with Gasteiger partial charge in [0.25, 0.3) is 0 Å². The molecular formula is C11H15N3O2. The molecular weight excluding hydrogens is 206 g/mol. The molecule has 0 amide bonds. The van der Waals surface area contributed by atoms with E-state index in [9.17, 15) is 4.79 Å². The summed E-state index contributed by atoms with van der Waals surface area (Å²) in [4.78, 5) is 11.3. The van der Waals surface area contributed by atoms with Crippen LogP contribution in [0.5, 0.6) is 0 Å². The normalized spacial score (nSPS) is 11.1. The maximum absolute atomic E-state index is 11.3. The molecule has 0 spiro atoms. The van der Waals surface area contributed by atoms with Crippen LogP contribution in [0.3, 0.4) is 0 Å². The van der Waals surface area contributed by atoms with Crippen molar-refractivity contribution in [1.29, 1.82) is 0 Å². The Morgan fingerprint density at radius 2 is 2.25 bits per heavy atom. The highest BCUT2D eigenvalue weighted by Gasteiger charge is 2.05. The first-order valence-electron chi connectivity index (χ1n) is 5.16. The zero-order valence-electron chi connectivity index (χ0n) is 9.41. The van der Waals surface area contributed by atoms with Crippen LogP contribution in [-0.4, -0.2) is 18.3 Å². The van der Waals surface area contributed by atoms with Gasteiger partial charge in [-0.15, -0.1) is 0 Å². The van der Waals surface area contributed by atoms with Gasteiger partial charge in [-0.25, -0.2) is 4.79 Å². The van der Waals surface area contributed by atoms with Crippen molar-refractivity contribution < 1.29 is 4.42 Å². The SMILES string of the molecule is CNCNCc1ccc2oc(=O)n(C)c2c1. The number of nitrogens with one attached hydrogen (secondary N) is 2. The minimum Gasteiger partial charge on any atom is -0.408 e. The largest absolute Gasteiger partial charge is 0.419 e. The van der Waals surface area contributed by atoms with Gasteiger partial charge in [-0.1, -0.05) is 6.07 Å². The van der Waals surface area contributed by atoms with Gasteiger partial charge in [0.05, 0.1) is 5.52 Å². The minimum absolute atomic E-state index is 0.324. The van der Waals surface area contributed by atoms with Gasteiger partial charge in [-0.3, -0.25) is 4.57 Å². The van der Waals surface area contributed by atoms with E-state index in [1.807, 2.05) is 25.2 Å². The smallest absolute Gasteiger partial charge is 0.408 e. The molecule has 86 valence electrons. The van der Waals surface area contributed by atoms with Crippen molar-refractivity contribution >= 4 is 11.1 Å². The van der Waals surface area contributed by atoms with Crippen molar-refractivity contribution in [2.24, 2.45) is 7.05 Å². The topological polar surface area (TPSA) is 59.2 Å². The van der Waals surface area contributed by atoms with Gasteiger partial charge in [0.1, 0.15) is 0 Å². The van der Waals surface area contributed by atoms with E-state index in [1.165, 1.54) is 4.57 Å². The average Bonchev–Trinajstić information content (AvgIpc) is 2.56. The summed E-state index contributed by atoms with van der Waals surface area (Å²) >= 11 is 0.